The lowest BCUT2D eigenvalue weighted by atomic mass is 10.2. The molecule has 1 aromatic carbocycles. The van der Waals surface area contributed by atoms with Gasteiger partial charge in [-0.05, 0) is 54.7 Å². The Kier molecular flexibility index (Phi) is 4.91. The first-order valence-corrected chi connectivity index (χ1v) is 10.3. The van der Waals surface area contributed by atoms with Gasteiger partial charge in [0.15, 0.2) is 5.82 Å². The van der Waals surface area contributed by atoms with E-state index >= 15 is 0 Å². The van der Waals surface area contributed by atoms with Gasteiger partial charge in [-0.25, -0.2) is 4.98 Å². The molecule has 4 aromatic rings. The van der Waals surface area contributed by atoms with Crippen LogP contribution in [0.2, 0.25) is 5.02 Å². The van der Waals surface area contributed by atoms with Crippen LogP contribution in [0, 0.1) is 0 Å². The van der Waals surface area contributed by atoms with Crippen LogP contribution in [0.1, 0.15) is 6.42 Å². The van der Waals surface area contributed by atoms with Crippen LogP contribution in [0.4, 0.5) is 0 Å². The molecule has 0 radical (unpaired) electrons. The molecule has 0 aliphatic rings. The molecule has 4 nitrogen and oxygen atoms in total. The SMILES string of the molecule is NCCCn1c(-c2ccc(-c3cccs3)s2)nc2ccc(Cl)cc2c1=O. The first-order chi connectivity index (χ1) is 12.7. The Morgan fingerprint density at radius 2 is 1.96 bits per heavy atom. The van der Waals surface area contributed by atoms with Crippen molar-refractivity contribution in [3.8, 4) is 20.5 Å². The third-order valence-corrected chi connectivity index (χ3v) is 6.47. The van der Waals surface area contributed by atoms with E-state index in [-0.39, 0.29) is 5.56 Å². The van der Waals surface area contributed by atoms with Crippen LogP contribution >= 0.6 is 34.3 Å². The third kappa shape index (κ3) is 3.21. The van der Waals surface area contributed by atoms with Crippen molar-refractivity contribution in [2.45, 2.75) is 13.0 Å². The Morgan fingerprint density at radius 3 is 2.73 bits per heavy atom. The number of halogens is 1. The molecule has 0 fully saturated rings. The monoisotopic (exact) mass is 401 g/mol. The maximum absolute atomic E-state index is 13.0. The molecule has 0 amide bonds. The summed E-state index contributed by atoms with van der Waals surface area (Å²) in [5.74, 6) is 0.686. The van der Waals surface area contributed by atoms with Gasteiger partial charge in [0.2, 0.25) is 0 Å². The molecule has 2 N–H and O–H groups in total. The first kappa shape index (κ1) is 17.4. The minimum Gasteiger partial charge on any atom is -0.330 e. The molecule has 0 bridgehead atoms. The van der Waals surface area contributed by atoms with E-state index in [1.807, 2.05) is 12.1 Å². The summed E-state index contributed by atoms with van der Waals surface area (Å²) in [6.45, 7) is 1.05. The van der Waals surface area contributed by atoms with Crippen molar-refractivity contribution in [3.63, 3.8) is 0 Å². The first-order valence-electron chi connectivity index (χ1n) is 8.21. The Labute approximate surface area is 163 Å². The van der Waals surface area contributed by atoms with Crippen molar-refractivity contribution in [2.24, 2.45) is 5.73 Å². The van der Waals surface area contributed by atoms with E-state index in [9.17, 15) is 4.79 Å². The van der Waals surface area contributed by atoms with Gasteiger partial charge in [-0.15, -0.1) is 22.7 Å². The highest BCUT2D eigenvalue weighted by Crippen LogP contribution is 2.36. The van der Waals surface area contributed by atoms with E-state index < -0.39 is 0 Å². The number of benzene rings is 1. The second kappa shape index (κ2) is 7.32. The normalized spacial score (nSPS) is 11.3. The fourth-order valence-electron chi connectivity index (χ4n) is 2.85. The Balaban J connectivity index is 1.90. The van der Waals surface area contributed by atoms with Gasteiger partial charge in [0.25, 0.3) is 5.56 Å². The third-order valence-electron chi connectivity index (χ3n) is 4.09. The minimum atomic E-state index is -0.0768. The van der Waals surface area contributed by atoms with E-state index in [1.165, 1.54) is 9.75 Å². The van der Waals surface area contributed by atoms with E-state index in [0.717, 1.165) is 4.88 Å². The smallest absolute Gasteiger partial charge is 0.261 e. The highest BCUT2D eigenvalue weighted by molar-refractivity contribution is 7.23. The Morgan fingerprint density at radius 1 is 1.12 bits per heavy atom. The lowest BCUT2D eigenvalue weighted by molar-refractivity contribution is 0.632. The molecule has 4 rings (SSSR count). The Hall–Kier alpha value is -1.99. The van der Waals surface area contributed by atoms with Gasteiger partial charge in [-0.2, -0.15) is 0 Å². The summed E-state index contributed by atoms with van der Waals surface area (Å²) in [7, 11) is 0. The van der Waals surface area contributed by atoms with Crippen LogP contribution < -0.4 is 11.3 Å². The van der Waals surface area contributed by atoms with Gasteiger partial charge in [0.05, 0.1) is 15.8 Å². The number of hydrogen-bond acceptors (Lipinski definition) is 5. The molecular weight excluding hydrogens is 386 g/mol. The van der Waals surface area contributed by atoms with Gasteiger partial charge in [0.1, 0.15) is 0 Å². The van der Waals surface area contributed by atoms with Crippen molar-refractivity contribution in [1.82, 2.24) is 9.55 Å². The number of aromatic nitrogens is 2. The number of rotatable bonds is 5. The van der Waals surface area contributed by atoms with Crippen LogP contribution in [-0.2, 0) is 6.54 Å². The average Bonchev–Trinajstić information content (AvgIpc) is 3.32. The molecule has 7 heteroatoms. The molecule has 26 heavy (non-hydrogen) atoms. The van der Waals surface area contributed by atoms with Crippen molar-refractivity contribution in [1.29, 1.82) is 0 Å². The molecular formula is C19H16ClN3OS2. The van der Waals surface area contributed by atoms with Gasteiger partial charge < -0.3 is 5.73 Å². The second-order valence-electron chi connectivity index (χ2n) is 5.84. The highest BCUT2D eigenvalue weighted by atomic mass is 35.5. The van der Waals surface area contributed by atoms with Gasteiger partial charge >= 0.3 is 0 Å². The molecule has 0 saturated carbocycles. The van der Waals surface area contributed by atoms with Crippen LogP contribution in [0.5, 0.6) is 0 Å². The molecule has 132 valence electrons. The van der Waals surface area contributed by atoms with E-state index in [2.05, 4.69) is 17.5 Å². The van der Waals surface area contributed by atoms with Crippen molar-refractivity contribution in [3.05, 3.63) is 63.2 Å². The van der Waals surface area contributed by atoms with Gasteiger partial charge in [-0.3, -0.25) is 9.36 Å². The summed E-state index contributed by atoms with van der Waals surface area (Å²) in [6.07, 6.45) is 0.712. The zero-order chi connectivity index (χ0) is 18.1. The molecule has 0 spiro atoms. The summed E-state index contributed by atoms with van der Waals surface area (Å²) < 4.78 is 1.72. The van der Waals surface area contributed by atoms with Crippen LogP contribution in [-0.4, -0.2) is 16.1 Å². The Bertz CT molecular complexity index is 1120. The van der Waals surface area contributed by atoms with Crippen molar-refractivity contribution >= 4 is 45.2 Å². The molecule has 3 heterocycles. The van der Waals surface area contributed by atoms with E-state index in [4.69, 9.17) is 22.3 Å². The standard InChI is InChI=1S/C19H16ClN3OS2/c20-12-4-5-14-13(11-12)19(24)23(9-2-8-21)18(22-14)17-7-6-16(26-17)15-3-1-10-25-15/h1,3-7,10-11H,2,8-9,21H2. The van der Waals surface area contributed by atoms with Gasteiger partial charge in [-0.1, -0.05) is 17.7 Å². The summed E-state index contributed by atoms with van der Waals surface area (Å²) >= 11 is 9.41. The second-order valence-corrected chi connectivity index (χ2v) is 8.31. The molecule has 0 atom stereocenters. The summed E-state index contributed by atoms with van der Waals surface area (Å²) in [5, 5.41) is 3.13. The van der Waals surface area contributed by atoms with Crippen molar-refractivity contribution in [2.75, 3.05) is 6.54 Å². The maximum atomic E-state index is 13.0. The number of nitrogens with zero attached hydrogens (tertiary/aromatic N) is 2. The molecule has 0 aliphatic carbocycles. The van der Waals surface area contributed by atoms with Crippen molar-refractivity contribution < 1.29 is 0 Å². The van der Waals surface area contributed by atoms with E-state index in [1.54, 1.807) is 45.4 Å². The van der Waals surface area contributed by atoms with E-state index in [0.29, 0.717) is 41.3 Å². The number of hydrogen-bond donors (Lipinski definition) is 1. The fraction of sp³-hybridized carbons (Fsp3) is 0.158. The molecule has 0 aliphatic heterocycles. The van der Waals surface area contributed by atoms with Crippen LogP contribution in [0.25, 0.3) is 31.4 Å². The summed E-state index contributed by atoms with van der Waals surface area (Å²) in [5.41, 5.74) is 6.25. The predicted octanol–water partition coefficient (Wildman–Crippen LogP) is 4.86. The average molecular weight is 402 g/mol. The zero-order valence-electron chi connectivity index (χ0n) is 13.8. The number of fused-ring (bicyclic) bond motifs is 1. The summed E-state index contributed by atoms with van der Waals surface area (Å²) in [4.78, 5) is 21.2. The maximum Gasteiger partial charge on any atom is 0.261 e. The molecule has 3 aromatic heterocycles. The fourth-order valence-corrected chi connectivity index (χ4v) is 4.86. The zero-order valence-corrected chi connectivity index (χ0v) is 16.2. The topological polar surface area (TPSA) is 60.9 Å². The molecule has 0 unspecified atom stereocenters. The quantitative estimate of drug-likeness (QED) is 0.519. The lowest BCUT2D eigenvalue weighted by Crippen LogP contribution is -2.24. The highest BCUT2D eigenvalue weighted by Gasteiger charge is 2.15. The van der Waals surface area contributed by atoms with Gasteiger partial charge in [0, 0.05) is 21.3 Å². The molecule has 0 saturated heterocycles. The number of thiophene rings is 2. The lowest BCUT2D eigenvalue weighted by Gasteiger charge is -2.12. The summed E-state index contributed by atoms with van der Waals surface area (Å²) in [6, 6.07) is 13.5. The largest absolute Gasteiger partial charge is 0.330 e. The predicted molar refractivity (Wildman–Crippen MR) is 111 cm³/mol. The number of nitrogens with two attached hydrogens (primary N) is 1. The van der Waals surface area contributed by atoms with Crippen LogP contribution in [0.3, 0.4) is 0 Å². The van der Waals surface area contributed by atoms with Crippen LogP contribution in [0.15, 0.2) is 52.6 Å². The minimum absolute atomic E-state index is 0.0768.